The smallest absolute Gasteiger partial charge is 0.415 e. The van der Waals surface area contributed by atoms with E-state index >= 15 is 0 Å². The third-order valence-corrected chi connectivity index (χ3v) is 6.13. The molecule has 6 heteroatoms. The van der Waals surface area contributed by atoms with E-state index < -0.39 is 18.1 Å². The van der Waals surface area contributed by atoms with Gasteiger partial charge in [-0.05, 0) is 60.1 Å². The van der Waals surface area contributed by atoms with Gasteiger partial charge in [-0.3, -0.25) is 0 Å². The maximum absolute atomic E-state index is 11.7. The van der Waals surface area contributed by atoms with E-state index in [9.17, 15) is 9.59 Å². The van der Waals surface area contributed by atoms with E-state index in [0.29, 0.717) is 30.4 Å². The molecule has 0 aromatic heterocycles. The van der Waals surface area contributed by atoms with Crippen LogP contribution in [0.5, 0.6) is 11.5 Å². The van der Waals surface area contributed by atoms with Crippen molar-refractivity contribution >= 4 is 12.1 Å². The predicted molar refractivity (Wildman–Crippen MR) is 121 cm³/mol. The SMILES string of the molecule is CCCc1cc(C2CCCC2)ccc1OCCCOc1cccc(C2NC(=O)OC2=O)c1. The molecule has 1 atom stereocenters. The summed E-state index contributed by atoms with van der Waals surface area (Å²) in [5.41, 5.74) is 3.40. The van der Waals surface area contributed by atoms with Gasteiger partial charge in [0.1, 0.15) is 11.5 Å². The third kappa shape index (κ3) is 5.42. The highest BCUT2D eigenvalue weighted by Crippen LogP contribution is 2.36. The number of nitrogens with one attached hydrogen (secondary N) is 1. The van der Waals surface area contributed by atoms with Gasteiger partial charge < -0.3 is 19.5 Å². The summed E-state index contributed by atoms with van der Waals surface area (Å²) < 4.78 is 16.5. The van der Waals surface area contributed by atoms with Crippen LogP contribution in [0.25, 0.3) is 0 Å². The largest absolute Gasteiger partial charge is 0.493 e. The highest BCUT2D eigenvalue weighted by molar-refractivity contribution is 5.96. The minimum atomic E-state index is -0.779. The van der Waals surface area contributed by atoms with E-state index in [1.54, 1.807) is 18.2 Å². The van der Waals surface area contributed by atoms with E-state index in [-0.39, 0.29) is 0 Å². The molecule has 0 bridgehead atoms. The van der Waals surface area contributed by atoms with Crippen LogP contribution >= 0.6 is 0 Å². The lowest BCUT2D eigenvalue weighted by atomic mass is 9.94. The Morgan fingerprint density at radius 3 is 2.56 bits per heavy atom. The van der Waals surface area contributed by atoms with Crippen LogP contribution in [0.1, 0.15) is 74.1 Å². The van der Waals surface area contributed by atoms with Gasteiger partial charge in [0.2, 0.25) is 0 Å². The number of cyclic esters (lactones) is 2. The molecule has 0 spiro atoms. The molecule has 1 saturated heterocycles. The fraction of sp³-hybridized carbons (Fsp3) is 0.462. The first-order chi connectivity index (χ1) is 15.6. The average molecular weight is 438 g/mol. The van der Waals surface area contributed by atoms with E-state index in [1.807, 2.05) is 6.07 Å². The molecule has 2 fully saturated rings. The van der Waals surface area contributed by atoms with Gasteiger partial charge in [-0.1, -0.05) is 50.5 Å². The van der Waals surface area contributed by atoms with E-state index in [2.05, 4.69) is 35.2 Å². The summed E-state index contributed by atoms with van der Waals surface area (Å²) in [7, 11) is 0. The molecule has 0 radical (unpaired) electrons. The van der Waals surface area contributed by atoms with Crippen LogP contribution in [0, 0.1) is 0 Å². The summed E-state index contributed by atoms with van der Waals surface area (Å²) in [6.45, 7) is 3.27. The Bertz CT molecular complexity index is 951. The molecule has 170 valence electrons. The van der Waals surface area contributed by atoms with Crippen molar-refractivity contribution in [2.75, 3.05) is 13.2 Å². The average Bonchev–Trinajstić information content (AvgIpc) is 3.44. The third-order valence-electron chi connectivity index (χ3n) is 6.13. The normalized spacial score (nSPS) is 18.5. The topological polar surface area (TPSA) is 73.9 Å². The molecule has 1 amide bonds. The Morgan fingerprint density at radius 2 is 1.81 bits per heavy atom. The van der Waals surface area contributed by atoms with Crippen molar-refractivity contribution in [2.24, 2.45) is 0 Å². The van der Waals surface area contributed by atoms with Crippen LogP contribution in [-0.2, 0) is 16.0 Å². The summed E-state index contributed by atoms with van der Waals surface area (Å²) in [5.74, 6) is 1.74. The molecule has 1 aliphatic heterocycles. The zero-order valence-electron chi connectivity index (χ0n) is 18.6. The van der Waals surface area contributed by atoms with Crippen molar-refractivity contribution in [3.05, 3.63) is 59.2 Å². The first kappa shape index (κ1) is 22.2. The molecule has 1 unspecified atom stereocenters. The molecule has 1 heterocycles. The van der Waals surface area contributed by atoms with Gasteiger partial charge >= 0.3 is 12.1 Å². The number of rotatable bonds is 10. The second-order valence-corrected chi connectivity index (χ2v) is 8.51. The van der Waals surface area contributed by atoms with Crippen molar-refractivity contribution in [1.82, 2.24) is 5.32 Å². The standard InChI is InChI=1S/C26H31NO5/c1-2-7-20-16-19(18-8-3-4-9-18)12-13-23(20)31-15-6-14-30-22-11-5-10-21(17-22)24-25(28)32-26(29)27-24/h5,10-13,16-18,24H,2-4,6-9,14-15H2,1H3,(H,27,29). The minimum absolute atomic E-state index is 0.494. The molecule has 1 saturated carbocycles. The van der Waals surface area contributed by atoms with Crippen LogP contribution in [0.3, 0.4) is 0 Å². The summed E-state index contributed by atoms with van der Waals surface area (Å²) in [6.07, 6.45) is 7.43. The lowest BCUT2D eigenvalue weighted by Gasteiger charge is -2.16. The Labute approximate surface area is 189 Å². The van der Waals surface area contributed by atoms with Gasteiger partial charge in [0, 0.05) is 6.42 Å². The van der Waals surface area contributed by atoms with Crippen LogP contribution < -0.4 is 14.8 Å². The monoisotopic (exact) mass is 437 g/mol. The number of amides is 1. The number of carbonyl (C=O) groups excluding carboxylic acids is 2. The molecule has 2 aromatic rings. The molecule has 32 heavy (non-hydrogen) atoms. The van der Waals surface area contributed by atoms with Crippen LogP contribution in [-0.4, -0.2) is 25.3 Å². The first-order valence-electron chi connectivity index (χ1n) is 11.6. The number of ether oxygens (including phenoxy) is 3. The fourth-order valence-electron chi connectivity index (χ4n) is 4.51. The summed E-state index contributed by atoms with van der Waals surface area (Å²) in [5, 5.41) is 2.49. The van der Waals surface area contributed by atoms with Crippen molar-refractivity contribution in [2.45, 2.75) is 63.8 Å². The number of hydrogen-bond acceptors (Lipinski definition) is 5. The lowest BCUT2D eigenvalue weighted by Crippen LogP contribution is -2.19. The van der Waals surface area contributed by atoms with Gasteiger partial charge in [-0.2, -0.15) is 0 Å². The second kappa shape index (κ2) is 10.5. The Morgan fingerprint density at radius 1 is 1.00 bits per heavy atom. The predicted octanol–water partition coefficient (Wildman–Crippen LogP) is 5.45. The second-order valence-electron chi connectivity index (χ2n) is 8.51. The van der Waals surface area contributed by atoms with Gasteiger partial charge in [0.15, 0.2) is 6.04 Å². The van der Waals surface area contributed by atoms with Crippen LogP contribution in [0.4, 0.5) is 4.79 Å². The number of alkyl carbamates (subject to hydrolysis) is 1. The fourth-order valence-corrected chi connectivity index (χ4v) is 4.51. The molecule has 2 aliphatic rings. The van der Waals surface area contributed by atoms with Gasteiger partial charge in [-0.25, -0.2) is 9.59 Å². The highest BCUT2D eigenvalue weighted by atomic mass is 16.6. The lowest BCUT2D eigenvalue weighted by molar-refractivity contribution is -0.135. The van der Waals surface area contributed by atoms with Crippen molar-refractivity contribution in [3.8, 4) is 11.5 Å². The molecule has 4 rings (SSSR count). The molecular weight excluding hydrogens is 406 g/mol. The number of benzene rings is 2. The van der Waals surface area contributed by atoms with Crippen LogP contribution in [0.2, 0.25) is 0 Å². The number of aryl methyl sites for hydroxylation is 1. The highest BCUT2D eigenvalue weighted by Gasteiger charge is 2.33. The van der Waals surface area contributed by atoms with Crippen LogP contribution in [0.15, 0.2) is 42.5 Å². The van der Waals surface area contributed by atoms with Crippen molar-refractivity contribution < 1.29 is 23.8 Å². The van der Waals surface area contributed by atoms with E-state index in [4.69, 9.17) is 9.47 Å². The summed E-state index contributed by atoms with van der Waals surface area (Å²) in [6, 6.07) is 13.1. The first-order valence-corrected chi connectivity index (χ1v) is 11.6. The molecule has 1 aliphatic carbocycles. The maximum atomic E-state index is 11.7. The maximum Gasteiger partial charge on any atom is 0.415 e. The van der Waals surface area contributed by atoms with Gasteiger partial charge in [0.25, 0.3) is 0 Å². The molecular formula is C26H31NO5. The van der Waals surface area contributed by atoms with E-state index in [1.165, 1.54) is 36.8 Å². The summed E-state index contributed by atoms with van der Waals surface area (Å²) in [4.78, 5) is 23.0. The number of esters is 1. The van der Waals surface area contributed by atoms with Crippen molar-refractivity contribution in [3.63, 3.8) is 0 Å². The van der Waals surface area contributed by atoms with Gasteiger partial charge in [-0.15, -0.1) is 0 Å². The van der Waals surface area contributed by atoms with Crippen molar-refractivity contribution in [1.29, 1.82) is 0 Å². The zero-order chi connectivity index (χ0) is 22.3. The quantitative estimate of drug-likeness (QED) is 0.304. The number of hydrogen-bond donors (Lipinski definition) is 1. The molecule has 2 aromatic carbocycles. The molecule has 1 N–H and O–H groups in total. The molecule has 6 nitrogen and oxygen atoms in total. The van der Waals surface area contributed by atoms with Gasteiger partial charge in [0.05, 0.1) is 13.2 Å². The van der Waals surface area contributed by atoms with E-state index in [0.717, 1.165) is 25.0 Å². The Balaban J connectivity index is 1.27. The Kier molecular flexibility index (Phi) is 7.30. The zero-order valence-corrected chi connectivity index (χ0v) is 18.6. The summed E-state index contributed by atoms with van der Waals surface area (Å²) >= 11 is 0. The minimum Gasteiger partial charge on any atom is -0.493 e. The Hall–Kier alpha value is -3.02. The number of carbonyl (C=O) groups is 2.